The maximum atomic E-state index is 13.3. The summed E-state index contributed by atoms with van der Waals surface area (Å²) in [5, 5.41) is 3.42. The van der Waals surface area contributed by atoms with Gasteiger partial charge in [-0.25, -0.2) is 4.98 Å². The van der Waals surface area contributed by atoms with Gasteiger partial charge in [0.05, 0.1) is 17.2 Å². The predicted molar refractivity (Wildman–Crippen MR) is 161 cm³/mol. The van der Waals surface area contributed by atoms with E-state index < -0.39 is 0 Å². The third-order valence-electron chi connectivity index (χ3n) is 9.02. The molecule has 42 heavy (non-hydrogen) atoms. The summed E-state index contributed by atoms with van der Waals surface area (Å²) in [6.07, 6.45) is 8.91. The van der Waals surface area contributed by atoms with E-state index in [1.807, 2.05) is 29.2 Å². The number of fused-ring (bicyclic) bond motifs is 1. The highest BCUT2D eigenvalue weighted by atomic mass is 16.5. The predicted octanol–water partition coefficient (Wildman–Crippen LogP) is 3.52. The monoisotopic (exact) mass is 573 g/mol. The van der Waals surface area contributed by atoms with E-state index in [1.165, 1.54) is 19.3 Å². The van der Waals surface area contributed by atoms with Crippen molar-refractivity contribution in [3.8, 4) is 5.88 Å². The smallest absolute Gasteiger partial charge is 0.280 e. The summed E-state index contributed by atoms with van der Waals surface area (Å²) < 4.78 is 8.25. The molecule has 0 radical (unpaired) electrons. The second-order valence-electron chi connectivity index (χ2n) is 12.0. The number of benzene rings is 1. The van der Waals surface area contributed by atoms with Crippen LogP contribution in [0.5, 0.6) is 5.88 Å². The molecule has 2 amide bonds. The van der Waals surface area contributed by atoms with Crippen LogP contribution in [0.15, 0.2) is 47.6 Å². The van der Waals surface area contributed by atoms with Gasteiger partial charge >= 0.3 is 0 Å². The van der Waals surface area contributed by atoms with Crippen LogP contribution in [-0.4, -0.2) is 88.1 Å². The van der Waals surface area contributed by atoms with Gasteiger partial charge in [0.1, 0.15) is 6.61 Å². The second-order valence-corrected chi connectivity index (χ2v) is 12.0. The minimum absolute atomic E-state index is 0.0408. The summed E-state index contributed by atoms with van der Waals surface area (Å²) >= 11 is 0. The van der Waals surface area contributed by atoms with Crippen LogP contribution in [0.25, 0.3) is 11.0 Å². The Morgan fingerprint density at radius 3 is 2.60 bits per heavy atom. The minimum atomic E-state index is -0.293. The zero-order chi connectivity index (χ0) is 28.9. The molecule has 3 aliphatic rings. The van der Waals surface area contributed by atoms with E-state index in [9.17, 15) is 9.59 Å². The van der Waals surface area contributed by atoms with Gasteiger partial charge < -0.3 is 24.5 Å². The summed E-state index contributed by atoms with van der Waals surface area (Å²) in [7, 11) is 0. The molecular weight excluding hydrogens is 530 g/mol. The number of nitrogens with one attached hydrogen (secondary N) is 2. The topological polar surface area (TPSA) is 108 Å². The molecule has 0 spiro atoms. The van der Waals surface area contributed by atoms with Crippen molar-refractivity contribution in [1.82, 2.24) is 29.7 Å². The number of ether oxygens (including phenoxy) is 1. The molecule has 2 aliphatic heterocycles. The average molecular weight is 574 g/mol. The van der Waals surface area contributed by atoms with Gasteiger partial charge in [0.15, 0.2) is 0 Å². The number of rotatable bonds is 7. The number of carbonyl (C=O) groups excluding carboxylic acids is 2. The van der Waals surface area contributed by atoms with Crippen molar-refractivity contribution in [1.29, 1.82) is 0 Å². The van der Waals surface area contributed by atoms with Crippen LogP contribution in [-0.2, 0) is 4.79 Å². The summed E-state index contributed by atoms with van der Waals surface area (Å²) in [5.74, 6) is 0.603. The quantitative estimate of drug-likeness (QED) is 0.448. The normalized spacial score (nSPS) is 24.2. The first kappa shape index (κ1) is 28.6. The lowest BCUT2D eigenvalue weighted by Gasteiger charge is -2.36. The first-order valence-electron chi connectivity index (χ1n) is 15.7. The first-order chi connectivity index (χ1) is 20.5. The number of likely N-dealkylation sites (tertiary alicyclic amines) is 1. The largest absolute Gasteiger partial charge is 0.476 e. The van der Waals surface area contributed by atoms with Crippen molar-refractivity contribution in [2.24, 2.45) is 10.9 Å². The average Bonchev–Trinajstić information content (AvgIpc) is 3.38. The summed E-state index contributed by atoms with van der Waals surface area (Å²) in [5.41, 5.74) is 2.79. The molecule has 224 valence electrons. The number of hydrogen-bond donors (Lipinski definition) is 2. The van der Waals surface area contributed by atoms with Crippen LogP contribution in [0.2, 0.25) is 0 Å². The highest BCUT2D eigenvalue weighted by Crippen LogP contribution is 2.34. The van der Waals surface area contributed by atoms with Crippen molar-refractivity contribution >= 4 is 22.8 Å². The molecule has 2 saturated heterocycles. The number of H-pyrrole nitrogens is 1. The number of hydrogen-bond acceptors (Lipinski definition) is 6. The summed E-state index contributed by atoms with van der Waals surface area (Å²) in [6.45, 7) is 8.27. The Morgan fingerprint density at radius 1 is 1.05 bits per heavy atom. The summed E-state index contributed by atoms with van der Waals surface area (Å²) in [4.78, 5) is 43.4. The van der Waals surface area contributed by atoms with Crippen molar-refractivity contribution in [3.63, 3.8) is 0 Å². The van der Waals surface area contributed by atoms with E-state index in [-0.39, 0.29) is 23.8 Å². The molecule has 1 aliphatic carbocycles. The lowest BCUT2D eigenvalue weighted by atomic mass is 9.84. The third kappa shape index (κ3) is 6.60. The first-order valence-corrected chi connectivity index (χ1v) is 15.7. The molecule has 0 bridgehead atoms. The Morgan fingerprint density at radius 2 is 1.83 bits per heavy atom. The maximum absolute atomic E-state index is 13.3. The number of carbonyl (C=O) groups is 2. The zero-order valence-electron chi connectivity index (χ0n) is 24.6. The minimum Gasteiger partial charge on any atom is -0.476 e. The molecule has 6 rings (SSSR count). The lowest BCUT2D eigenvalue weighted by molar-refractivity contribution is -0.137. The van der Waals surface area contributed by atoms with Gasteiger partial charge in [-0.05, 0) is 70.7 Å². The third-order valence-corrected chi connectivity index (χ3v) is 9.02. The van der Waals surface area contributed by atoms with Crippen LogP contribution in [0.1, 0.15) is 68.3 Å². The fourth-order valence-electron chi connectivity index (χ4n) is 6.72. The molecule has 3 aromatic rings. The molecule has 2 aromatic heterocycles. The van der Waals surface area contributed by atoms with Gasteiger partial charge in [-0.3, -0.25) is 14.5 Å². The Labute approximate surface area is 247 Å². The fraction of sp³-hybridized carbons (Fsp3) is 0.562. The molecule has 10 heteroatoms. The Bertz CT molecular complexity index is 1440. The zero-order valence-corrected chi connectivity index (χ0v) is 24.6. The van der Waals surface area contributed by atoms with Gasteiger partial charge in [0, 0.05) is 55.8 Å². The van der Waals surface area contributed by atoms with E-state index in [2.05, 4.69) is 36.7 Å². The number of piperidine rings is 1. The molecule has 2 N–H and O–H groups in total. The highest BCUT2D eigenvalue weighted by molar-refractivity contribution is 5.94. The van der Waals surface area contributed by atoms with Crippen molar-refractivity contribution < 1.29 is 14.3 Å². The van der Waals surface area contributed by atoms with E-state index in [0.717, 1.165) is 76.0 Å². The van der Waals surface area contributed by atoms with Crippen LogP contribution < -0.4 is 15.7 Å². The van der Waals surface area contributed by atoms with Gasteiger partial charge in [-0.2, -0.15) is 4.99 Å². The van der Waals surface area contributed by atoms with Crippen molar-refractivity contribution in [2.45, 2.75) is 64.0 Å². The Kier molecular flexibility index (Phi) is 9.00. The molecule has 1 saturated carbocycles. The number of pyridine rings is 1. The van der Waals surface area contributed by atoms with Gasteiger partial charge in [0.25, 0.3) is 5.91 Å². The van der Waals surface area contributed by atoms with E-state index in [1.54, 1.807) is 18.3 Å². The standard InChI is InChI=1S/C32H43N7O3/c1-23-22-38(17-14-33-23)31(41)25-10-12-26(13-11-25)39-28-20-29(42-19-18-37-15-6-3-7-16-37)34-21-27(28)35-32(39)36-30(40)24-8-4-2-5-9-24/h2,4-5,8-9,20-21,23,25-26,33H,3,6-7,10-19,22H2,1H3,(H,35,36,40)/t23-,25-,26+/m0/s1. The number of nitrogens with zero attached hydrogens (tertiary/aromatic N) is 5. The van der Waals surface area contributed by atoms with Crippen LogP contribution in [0.3, 0.4) is 0 Å². The maximum Gasteiger partial charge on any atom is 0.280 e. The van der Waals surface area contributed by atoms with Crippen LogP contribution in [0.4, 0.5) is 0 Å². The van der Waals surface area contributed by atoms with Crippen molar-refractivity contribution in [2.75, 3.05) is 45.9 Å². The molecular formula is C32H43N7O3. The van der Waals surface area contributed by atoms with Gasteiger partial charge in [-0.15, -0.1) is 0 Å². The number of aromatic nitrogens is 3. The van der Waals surface area contributed by atoms with Crippen LogP contribution >= 0.6 is 0 Å². The van der Waals surface area contributed by atoms with Crippen LogP contribution in [0, 0.1) is 5.92 Å². The molecule has 3 fully saturated rings. The highest BCUT2D eigenvalue weighted by Gasteiger charge is 2.32. The molecule has 1 atom stereocenters. The SMILES string of the molecule is C[C@H]1CN(C(=O)[C@H]2CC[C@@H](n3/c(=N/C(=O)c4ccccc4)[nH]c4cnc(OCCN5CCCCC5)cc43)CC2)CCN1. The molecule has 4 heterocycles. The molecule has 10 nitrogen and oxygen atoms in total. The van der Waals surface area contributed by atoms with Gasteiger partial charge in [0.2, 0.25) is 17.4 Å². The van der Waals surface area contributed by atoms with E-state index in [0.29, 0.717) is 29.7 Å². The number of amides is 2. The second kappa shape index (κ2) is 13.2. The summed E-state index contributed by atoms with van der Waals surface area (Å²) in [6, 6.07) is 11.5. The van der Waals surface area contributed by atoms with Crippen molar-refractivity contribution in [3.05, 3.63) is 53.8 Å². The lowest BCUT2D eigenvalue weighted by Crippen LogP contribution is -2.53. The fourth-order valence-corrected chi connectivity index (χ4v) is 6.72. The van der Waals surface area contributed by atoms with E-state index >= 15 is 0 Å². The number of piperazine rings is 1. The number of aromatic amines is 1. The number of imidazole rings is 1. The van der Waals surface area contributed by atoms with Gasteiger partial charge in [-0.1, -0.05) is 24.6 Å². The molecule has 1 aromatic carbocycles. The molecule has 0 unspecified atom stereocenters. The van der Waals surface area contributed by atoms with E-state index in [4.69, 9.17) is 4.74 Å². The Hall–Kier alpha value is -3.50. The Balaban J connectivity index is 1.24.